The van der Waals surface area contributed by atoms with Crippen molar-refractivity contribution in [2.75, 3.05) is 0 Å². The Morgan fingerprint density at radius 1 is 0.823 bits per heavy atom. The Bertz CT molecular complexity index is 2780. The van der Waals surface area contributed by atoms with Gasteiger partial charge in [-0.2, -0.15) is 4.98 Å². The molecule has 7 nitrogen and oxygen atoms in total. The van der Waals surface area contributed by atoms with Crippen LogP contribution in [0.5, 0.6) is 0 Å². The van der Waals surface area contributed by atoms with Crippen LogP contribution in [0.15, 0.2) is 109 Å². The second-order valence-corrected chi connectivity index (χ2v) is 14.9. The SMILES string of the molecule is C=C/C=C\C(=BC)c1nc(/C(C=C)=C/C=BC)nc(C(=C/C)/C=c2/nc(C(/C=C(C)/C(C)=C/c3c(/C=C\C=C)c(C)n(-c4nc(/C=C\C)c(C=C)o4)c3[B]C)=C/[B]C)sc2=C)n1. The molecule has 4 aromatic heterocycles. The molecule has 2 radical (unpaired) electrons. The summed E-state index contributed by atoms with van der Waals surface area (Å²) in [4.78, 5) is 24.7. The van der Waals surface area contributed by atoms with Gasteiger partial charge in [-0.15, -0.1) is 0 Å². The Morgan fingerprint density at radius 3 is 2.13 bits per heavy atom. The van der Waals surface area contributed by atoms with Gasteiger partial charge in [-0.05, 0) is 56.6 Å². The van der Waals surface area contributed by atoms with E-state index in [2.05, 4.69) is 89.7 Å². The van der Waals surface area contributed by atoms with Crippen LogP contribution in [0.25, 0.3) is 59.7 Å². The van der Waals surface area contributed by atoms with Crippen LogP contribution in [0.4, 0.5) is 0 Å². The molecular weight excluding hydrogens is 776 g/mol. The first-order valence-corrected chi connectivity index (χ1v) is 21.3. The van der Waals surface area contributed by atoms with Crippen LogP contribution in [-0.4, -0.2) is 69.3 Å². The van der Waals surface area contributed by atoms with E-state index in [4.69, 9.17) is 29.3 Å². The van der Waals surface area contributed by atoms with Gasteiger partial charge in [0.05, 0.1) is 0 Å². The molecule has 0 N–H and O–H groups in total. The van der Waals surface area contributed by atoms with Gasteiger partial charge >= 0.3 is 219 Å². The molecule has 0 amide bonds. The first-order valence-electron chi connectivity index (χ1n) is 20.5. The summed E-state index contributed by atoms with van der Waals surface area (Å²) in [5.74, 6) is 6.18. The monoisotopic (exact) mass is 830 g/mol. The predicted molar refractivity (Wildman–Crippen MR) is 279 cm³/mol. The molecule has 0 saturated carbocycles. The van der Waals surface area contributed by atoms with Gasteiger partial charge in [-0.1, -0.05) is 57.2 Å². The number of hydrogen-bond acceptors (Lipinski definition) is 7. The Hall–Kier alpha value is -6.25. The fourth-order valence-corrected chi connectivity index (χ4v) is 7.22. The summed E-state index contributed by atoms with van der Waals surface area (Å²) in [6.45, 7) is 42.2. The molecule has 0 bridgehead atoms. The zero-order valence-corrected chi connectivity index (χ0v) is 38.5. The van der Waals surface area contributed by atoms with E-state index in [1.54, 1.807) is 24.3 Å². The molecule has 0 unspecified atom stereocenters. The van der Waals surface area contributed by atoms with Gasteiger partial charge in [0.15, 0.2) is 13.0 Å². The summed E-state index contributed by atoms with van der Waals surface area (Å²) >= 11 is 1.54. The average molecular weight is 830 g/mol. The molecular formula is C50H54B4N6OS. The molecule has 12 heteroatoms. The van der Waals surface area contributed by atoms with Crippen molar-refractivity contribution in [3.8, 4) is 6.01 Å². The number of oxazole rings is 1. The maximum absolute atomic E-state index is 6.24. The quantitative estimate of drug-likeness (QED) is 0.0693. The van der Waals surface area contributed by atoms with Gasteiger partial charge in [0.1, 0.15) is 5.69 Å². The standard InChI is InChI=1S/C50H54B4N6OS/c1-15-21-24-39-34(9)60(50-56-42(23-17-3)44(20-6)61-50)45(54-14)40(39)29-33(8)32(7)28-38(31-52-12)49-55-43(35(10)62-49)30-37(19-5)47-57-46(36(18-4)26-27-51-11)58-48(59-47)41(53-13)25-22-16-2/h15-31H,1-2,4,6,10H2,3,5,7-9,11-14H3/b23-17-,24-21-,25-22-,32-28+,33-29+,36-26+,37-19+,38-31+,43-30+. The average Bonchev–Trinajstić information content (AvgIpc) is 3.93. The Labute approximate surface area is 375 Å². The van der Waals surface area contributed by atoms with Gasteiger partial charge in [0.2, 0.25) is 0 Å². The van der Waals surface area contributed by atoms with Crippen molar-refractivity contribution in [1.29, 1.82) is 0 Å². The third-order valence-corrected chi connectivity index (χ3v) is 10.7. The molecule has 0 aliphatic rings. The zero-order valence-electron chi connectivity index (χ0n) is 37.7. The Balaban J connectivity index is 1.85. The summed E-state index contributed by atoms with van der Waals surface area (Å²) in [6.07, 6.45) is 28.9. The first-order chi connectivity index (χ1) is 30.0. The molecule has 0 aromatic carbocycles. The van der Waals surface area contributed by atoms with Crippen molar-refractivity contribution in [3.05, 3.63) is 165 Å². The topological polar surface area (TPSA) is 82.5 Å². The molecule has 0 saturated heterocycles. The Kier molecular flexibility index (Phi) is 18.5. The minimum atomic E-state index is 0.476. The zero-order chi connectivity index (χ0) is 45.3. The second kappa shape index (κ2) is 23.7. The molecule has 4 heterocycles. The van der Waals surface area contributed by atoms with E-state index in [9.17, 15) is 0 Å². The second-order valence-electron chi connectivity index (χ2n) is 13.8. The summed E-state index contributed by atoms with van der Waals surface area (Å²) in [5, 5.41) is 1.57. The van der Waals surface area contributed by atoms with Crippen LogP contribution in [-0.2, 0) is 0 Å². The van der Waals surface area contributed by atoms with E-state index >= 15 is 0 Å². The predicted octanol–water partition coefficient (Wildman–Crippen LogP) is 9.24. The molecule has 0 atom stereocenters. The third-order valence-electron chi connectivity index (χ3n) is 9.68. The fraction of sp³-hybridized carbons (Fsp3) is 0.180. The Morgan fingerprint density at radius 2 is 1.53 bits per heavy atom. The van der Waals surface area contributed by atoms with Crippen LogP contribution in [0, 0.1) is 6.92 Å². The van der Waals surface area contributed by atoms with Crippen molar-refractivity contribution in [3.63, 3.8) is 0 Å². The van der Waals surface area contributed by atoms with Crippen molar-refractivity contribution < 1.29 is 4.42 Å². The van der Waals surface area contributed by atoms with Crippen LogP contribution >= 0.6 is 11.3 Å². The van der Waals surface area contributed by atoms with Crippen molar-refractivity contribution in [2.24, 2.45) is 0 Å². The van der Waals surface area contributed by atoms with Gasteiger partial charge in [-0.25, -0.2) is 0 Å². The van der Waals surface area contributed by atoms with E-state index < -0.39 is 0 Å². The summed E-state index contributed by atoms with van der Waals surface area (Å²) in [5.41, 5.74) is 10.3. The van der Waals surface area contributed by atoms with E-state index in [-0.39, 0.29) is 0 Å². The third kappa shape index (κ3) is 11.6. The van der Waals surface area contributed by atoms with Crippen molar-refractivity contribution in [1.82, 2.24) is 29.5 Å². The van der Waals surface area contributed by atoms with Crippen LogP contribution in [0.3, 0.4) is 0 Å². The number of hydrogen-bond donors (Lipinski definition) is 0. The van der Waals surface area contributed by atoms with E-state index in [0.29, 0.717) is 29.2 Å². The summed E-state index contributed by atoms with van der Waals surface area (Å²) in [7, 11) is 4.11. The molecule has 0 aliphatic heterocycles. The summed E-state index contributed by atoms with van der Waals surface area (Å²) in [6, 6.07) is 0.476. The van der Waals surface area contributed by atoms with Gasteiger partial charge in [0, 0.05) is 11.3 Å². The van der Waals surface area contributed by atoms with Crippen LogP contribution in [0.2, 0.25) is 27.3 Å². The van der Waals surface area contributed by atoms with Crippen molar-refractivity contribution >= 4 is 110 Å². The number of thiazole rings is 1. The number of aromatic nitrogens is 6. The normalized spacial score (nSPS) is 13.7. The number of nitrogens with zero attached hydrogens (tertiary/aromatic N) is 6. The molecule has 62 heavy (non-hydrogen) atoms. The van der Waals surface area contributed by atoms with E-state index in [1.165, 1.54) is 11.3 Å². The minimum absolute atomic E-state index is 0.476. The van der Waals surface area contributed by atoms with Crippen molar-refractivity contribution in [2.45, 2.75) is 61.9 Å². The van der Waals surface area contributed by atoms with E-state index in [1.807, 2.05) is 117 Å². The van der Waals surface area contributed by atoms with E-state index in [0.717, 1.165) is 76.3 Å². The van der Waals surface area contributed by atoms with Crippen LogP contribution in [0.1, 0.15) is 78.5 Å². The van der Waals surface area contributed by atoms with Gasteiger partial charge < -0.3 is 4.42 Å². The fourth-order valence-electron chi connectivity index (χ4n) is 6.39. The molecule has 4 rings (SSSR count). The molecule has 0 fully saturated rings. The molecule has 308 valence electrons. The van der Waals surface area contributed by atoms with Gasteiger partial charge in [0.25, 0.3) is 0 Å². The number of allylic oxidation sites excluding steroid dienone is 15. The summed E-state index contributed by atoms with van der Waals surface area (Å²) < 4.78 is 9.12. The number of rotatable bonds is 19. The maximum atomic E-state index is 6.24. The first kappa shape index (κ1) is 48.4. The molecule has 4 aromatic rings. The molecule has 0 spiro atoms. The molecule has 0 aliphatic carbocycles. The van der Waals surface area contributed by atoms with Gasteiger partial charge in [-0.3, -0.25) is 4.57 Å². The van der Waals surface area contributed by atoms with Crippen LogP contribution < -0.4 is 15.5 Å².